The maximum atomic E-state index is 8.55. The van der Waals surface area contributed by atoms with Crippen LogP contribution in [0.5, 0.6) is 0 Å². The summed E-state index contributed by atoms with van der Waals surface area (Å²) >= 11 is 0. The van der Waals surface area contributed by atoms with Gasteiger partial charge in [0.25, 0.3) is 0 Å². The van der Waals surface area contributed by atoms with E-state index in [1.165, 1.54) is 18.4 Å². The summed E-state index contributed by atoms with van der Waals surface area (Å²) in [5, 5.41) is 3.69. The minimum absolute atomic E-state index is 0.612. The Kier molecular flexibility index (Phi) is 4.06. The lowest BCUT2D eigenvalue weighted by Crippen LogP contribution is -1.89. The van der Waals surface area contributed by atoms with Crippen molar-refractivity contribution in [2.45, 2.75) is 32.6 Å². The summed E-state index contributed by atoms with van der Waals surface area (Å²) in [5.41, 5.74) is 12.2. The molecular weight excluding hydrogens is 222 g/mol. The molecule has 0 heterocycles. The van der Waals surface area contributed by atoms with Crippen LogP contribution in [0.4, 0.5) is 5.69 Å². The van der Waals surface area contributed by atoms with E-state index in [0.29, 0.717) is 5.69 Å². The van der Waals surface area contributed by atoms with E-state index in [4.69, 9.17) is 5.53 Å². The predicted octanol–water partition coefficient (Wildman–Crippen LogP) is 4.79. The van der Waals surface area contributed by atoms with Crippen molar-refractivity contribution in [1.29, 1.82) is 0 Å². The summed E-state index contributed by atoms with van der Waals surface area (Å²) in [5.74, 6) is 6.36. The van der Waals surface area contributed by atoms with Crippen molar-refractivity contribution in [2.24, 2.45) is 5.11 Å². The first kappa shape index (κ1) is 12.3. The van der Waals surface area contributed by atoms with Crippen LogP contribution in [0.2, 0.25) is 0 Å². The molecule has 2 rings (SSSR count). The molecule has 0 radical (unpaired) electrons. The van der Waals surface area contributed by atoms with Gasteiger partial charge in [0.15, 0.2) is 0 Å². The zero-order chi connectivity index (χ0) is 12.8. The van der Waals surface area contributed by atoms with Crippen LogP contribution in [-0.2, 0) is 0 Å². The number of hydrogen-bond acceptors (Lipinski definition) is 1. The van der Waals surface area contributed by atoms with Gasteiger partial charge in [-0.1, -0.05) is 41.2 Å². The van der Waals surface area contributed by atoms with Gasteiger partial charge in [-0.05, 0) is 49.3 Å². The van der Waals surface area contributed by atoms with Crippen molar-refractivity contribution in [3.05, 3.63) is 51.4 Å². The largest absolute Gasteiger partial charge is 0.0729 e. The average molecular weight is 237 g/mol. The van der Waals surface area contributed by atoms with E-state index in [1.807, 2.05) is 19.1 Å². The third-order valence-electron chi connectivity index (χ3n) is 3.04. The Bertz CT molecular complexity index is 581. The molecule has 1 aliphatic rings. The van der Waals surface area contributed by atoms with Crippen molar-refractivity contribution >= 4 is 5.69 Å². The van der Waals surface area contributed by atoms with Crippen LogP contribution in [0.25, 0.3) is 10.4 Å². The fourth-order valence-electron chi connectivity index (χ4n) is 2.04. The van der Waals surface area contributed by atoms with Gasteiger partial charge in [0, 0.05) is 10.5 Å². The Morgan fingerprint density at radius 1 is 1.28 bits per heavy atom. The van der Waals surface area contributed by atoms with E-state index >= 15 is 0 Å². The molecule has 1 aliphatic carbocycles. The number of hydrogen-bond donors (Lipinski definition) is 0. The normalized spacial score (nSPS) is 13.9. The van der Waals surface area contributed by atoms with Crippen LogP contribution in [0.15, 0.2) is 35.0 Å². The molecule has 0 spiro atoms. The van der Waals surface area contributed by atoms with E-state index in [0.717, 1.165) is 24.0 Å². The lowest BCUT2D eigenvalue weighted by atomic mass is 9.99. The molecule has 1 aromatic carbocycles. The minimum Gasteiger partial charge on any atom is -0.0729 e. The zero-order valence-electron chi connectivity index (χ0n) is 10.5. The molecule has 0 unspecified atom stereocenters. The SMILES string of the molecule is Cc1cccc(N=[N+]=[N-])c1C#CC1=CCCCC1. The third kappa shape index (κ3) is 2.94. The molecule has 3 heteroatoms. The number of nitrogens with zero attached hydrogens (tertiary/aromatic N) is 3. The third-order valence-corrected chi connectivity index (χ3v) is 3.04. The quantitative estimate of drug-likeness (QED) is 0.292. The van der Waals surface area contributed by atoms with Crippen LogP contribution in [0.3, 0.4) is 0 Å². The van der Waals surface area contributed by atoms with Gasteiger partial charge in [-0.2, -0.15) is 0 Å². The summed E-state index contributed by atoms with van der Waals surface area (Å²) in [6, 6.07) is 5.66. The Balaban J connectivity index is 2.36. The van der Waals surface area contributed by atoms with Gasteiger partial charge < -0.3 is 0 Å². The maximum Gasteiger partial charge on any atom is 0.0534 e. The molecule has 0 fully saturated rings. The average Bonchev–Trinajstić information content (AvgIpc) is 2.40. The second kappa shape index (κ2) is 5.95. The molecule has 0 saturated heterocycles. The van der Waals surface area contributed by atoms with Gasteiger partial charge in [0.2, 0.25) is 0 Å². The summed E-state index contributed by atoms with van der Waals surface area (Å²) in [6.45, 7) is 1.98. The monoisotopic (exact) mass is 237 g/mol. The van der Waals surface area contributed by atoms with E-state index in [9.17, 15) is 0 Å². The first-order valence-corrected chi connectivity index (χ1v) is 6.17. The Morgan fingerprint density at radius 3 is 2.89 bits per heavy atom. The van der Waals surface area contributed by atoms with E-state index in [2.05, 4.69) is 27.9 Å². The van der Waals surface area contributed by atoms with Gasteiger partial charge in [0.1, 0.15) is 0 Å². The lowest BCUT2D eigenvalue weighted by Gasteiger charge is -2.06. The Labute approximate surface area is 107 Å². The molecule has 0 N–H and O–H groups in total. The van der Waals surface area contributed by atoms with Crippen molar-refractivity contribution in [1.82, 2.24) is 0 Å². The molecule has 0 aromatic heterocycles. The molecule has 3 nitrogen and oxygen atoms in total. The van der Waals surface area contributed by atoms with Crippen molar-refractivity contribution in [3.63, 3.8) is 0 Å². The van der Waals surface area contributed by atoms with Crippen LogP contribution in [-0.4, -0.2) is 0 Å². The first-order chi connectivity index (χ1) is 8.81. The van der Waals surface area contributed by atoms with Gasteiger partial charge in [0.05, 0.1) is 5.69 Å². The molecule has 18 heavy (non-hydrogen) atoms. The highest BCUT2D eigenvalue weighted by atomic mass is 15.1. The molecule has 1 aromatic rings. The molecule has 0 saturated carbocycles. The molecule has 90 valence electrons. The van der Waals surface area contributed by atoms with Gasteiger partial charge in [-0.15, -0.1) is 0 Å². The highest BCUT2D eigenvalue weighted by Gasteiger charge is 2.02. The van der Waals surface area contributed by atoms with Crippen LogP contribution in [0.1, 0.15) is 36.8 Å². The van der Waals surface area contributed by atoms with E-state index < -0.39 is 0 Å². The highest BCUT2D eigenvalue weighted by Crippen LogP contribution is 2.22. The van der Waals surface area contributed by atoms with Gasteiger partial charge in [-0.25, -0.2) is 0 Å². The molecule has 0 bridgehead atoms. The molecule has 0 aliphatic heterocycles. The van der Waals surface area contributed by atoms with Crippen LogP contribution >= 0.6 is 0 Å². The second-order valence-electron chi connectivity index (χ2n) is 4.38. The first-order valence-electron chi connectivity index (χ1n) is 6.17. The fourth-order valence-corrected chi connectivity index (χ4v) is 2.04. The number of azide groups is 1. The zero-order valence-corrected chi connectivity index (χ0v) is 10.5. The number of benzene rings is 1. The topological polar surface area (TPSA) is 48.8 Å². The maximum absolute atomic E-state index is 8.55. The number of aryl methyl sites for hydroxylation is 1. The standard InChI is InChI=1S/C15H15N3/c1-12-6-5-9-15(17-18-16)14(12)11-10-13-7-3-2-4-8-13/h5-7,9H,2-4,8H2,1H3. The highest BCUT2D eigenvalue weighted by molar-refractivity contribution is 5.60. The smallest absolute Gasteiger partial charge is 0.0534 e. The lowest BCUT2D eigenvalue weighted by molar-refractivity contribution is 0.715. The number of allylic oxidation sites excluding steroid dienone is 2. The Hall–Kier alpha value is -2.17. The van der Waals surface area contributed by atoms with E-state index in [-0.39, 0.29) is 0 Å². The summed E-state index contributed by atoms with van der Waals surface area (Å²) < 4.78 is 0. The number of rotatable bonds is 1. The Morgan fingerprint density at radius 2 is 2.17 bits per heavy atom. The fraction of sp³-hybridized carbons (Fsp3) is 0.333. The van der Waals surface area contributed by atoms with Gasteiger partial charge >= 0.3 is 0 Å². The van der Waals surface area contributed by atoms with Crippen molar-refractivity contribution in [3.8, 4) is 11.8 Å². The predicted molar refractivity (Wildman–Crippen MR) is 73.4 cm³/mol. The van der Waals surface area contributed by atoms with Crippen molar-refractivity contribution < 1.29 is 0 Å². The molecular formula is C15H15N3. The van der Waals surface area contributed by atoms with E-state index in [1.54, 1.807) is 6.07 Å². The molecule has 0 atom stereocenters. The minimum atomic E-state index is 0.612. The van der Waals surface area contributed by atoms with Gasteiger partial charge in [-0.3, -0.25) is 0 Å². The summed E-state index contributed by atoms with van der Waals surface area (Å²) in [4.78, 5) is 2.85. The summed E-state index contributed by atoms with van der Waals surface area (Å²) in [6.07, 6.45) is 6.88. The molecule has 0 amide bonds. The second-order valence-corrected chi connectivity index (χ2v) is 4.38. The van der Waals surface area contributed by atoms with Crippen molar-refractivity contribution in [2.75, 3.05) is 0 Å². The van der Waals surface area contributed by atoms with Crippen LogP contribution in [0, 0.1) is 18.8 Å². The summed E-state index contributed by atoms with van der Waals surface area (Å²) in [7, 11) is 0. The van der Waals surface area contributed by atoms with Crippen LogP contribution < -0.4 is 0 Å².